The first-order chi connectivity index (χ1) is 7.24. The maximum atomic E-state index is 12.6. The summed E-state index contributed by atoms with van der Waals surface area (Å²) in [4.78, 5) is 2.52. The molecule has 3 atom stereocenters. The molecular weight excluding hydrogens is 205 g/mol. The smallest absolute Gasteiger partial charge is 0.109 e. The van der Waals surface area contributed by atoms with E-state index in [1.165, 1.54) is 45.2 Å². The lowest BCUT2D eigenvalue weighted by molar-refractivity contribution is 0.331. The molecule has 88 valence electrons. The quantitative estimate of drug-likeness (QED) is 0.674. The van der Waals surface area contributed by atoms with Crippen molar-refractivity contribution in [1.82, 2.24) is 4.90 Å². The molecule has 2 nitrogen and oxygen atoms in total. The second-order valence-corrected chi connectivity index (χ2v) is 8.57. The minimum absolute atomic E-state index is 0.497. The zero-order valence-electron chi connectivity index (χ0n) is 10.1. The molecule has 3 heteroatoms. The van der Waals surface area contributed by atoms with Gasteiger partial charge in [-0.05, 0) is 38.5 Å². The Hall–Kier alpha value is 0.190. The summed E-state index contributed by atoms with van der Waals surface area (Å²) in [6.45, 7) is 6.76. The van der Waals surface area contributed by atoms with E-state index in [0.717, 1.165) is 6.16 Å². The van der Waals surface area contributed by atoms with E-state index in [4.69, 9.17) is 0 Å². The van der Waals surface area contributed by atoms with Gasteiger partial charge in [-0.1, -0.05) is 26.7 Å². The lowest BCUT2D eigenvalue weighted by atomic mass is 10.2. The third-order valence-corrected chi connectivity index (χ3v) is 8.02. The highest BCUT2D eigenvalue weighted by Gasteiger charge is 2.61. The molecule has 0 saturated carbocycles. The lowest BCUT2D eigenvalue weighted by Gasteiger charge is -2.13. The Morgan fingerprint density at radius 3 is 2.47 bits per heavy atom. The Kier molecular flexibility index (Phi) is 3.57. The molecule has 15 heavy (non-hydrogen) atoms. The van der Waals surface area contributed by atoms with E-state index in [1.807, 2.05) is 0 Å². The summed E-state index contributed by atoms with van der Waals surface area (Å²) in [5.74, 6) is 0.497. The average molecular weight is 229 g/mol. The van der Waals surface area contributed by atoms with Gasteiger partial charge in [0.2, 0.25) is 0 Å². The van der Waals surface area contributed by atoms with Crippen LogP contribution in [0.3, 0.4) is 0 Å². The van der Waals surface area contributed by atoms with Gasteiger partial charge < -0.3 is 4.57 Å². The molecule has 2 aliphatic rings. The second-order valence-electron chi connectivity index (χ2n) is 5.04. The van der Waals surface area contributed by atoms with Crippen molar-refractivity contribution in [2.75, 3.05) is 19.3 Å². The van der Waals surface area contributed by atoms with Crippen LogP contribution in [0.25, 0.3) is 0 Å². The maximum absolute atomic E-state index is 12.6. The number of unbranched alkanes of at least 4 members (excludes halogenated alkanes) is 1. The van der Waals surface area contributed by atoms with Crippen molar-refractivity contribution >= 4 is 7.14 Å². The van der Waals surface area contributed by atoms with Crippen LogP contribution in [0.5, 0.6) is 0 Å². The molecule has 0 aliphatic carbocycles. The van der Waals surface area contributed by atoms with E-state index in [9.17, 15) is 4.57 Å². The molecule has 2 rings (SSSR count). The zero-order chi connectivity index (χ0) is 10.9. The predicted molar refractivity (Wildman–Crippen MR) is 66.1 cm³/mol. The number of hydrogen-bond acceptors (Lipinski definition) is 2. The molecule has 0 aromatic carbocycles. The number of hydrogen-bond donors (Lipinski definition) is 0. The standard InChI is InChI=1S/C12H24NOP/c1-3-5-8-11-12(15(11,14)4-2)13-9-6-7-10-13/h11-12H,3-10H2,1-2H3. The van der Waals surface area contributed by atoms with Crippen molar-refractivity contribution in [3.63, 3.8) is 0 Å². The monoisotopic (exact) mass is 229 g/mol. The molecule has 0 spiro atoms. The van der Waals surface area contributed by atoms with Crippen LogP contribution in [0.2, 0.25) is 0 Å². The molecule has 0 amide bonds. The van der Waals surface area contributed by atoms with Crippen LogP contribution in [0.1, 0.15) is 46.0 Å². The van der Waals surface area contributed by atoms with Crippen molar-refractivity contribution < 1.29 is 4.57 Å². The first kappa shape index (κ1) is 11.7. The van der Waals surface area contributed by atoms with E-state index in [-0.39, 0.29) is 0 Å². The first-order valence-corrected chi connectivity index (χ1v) is 8.59. The van der Waals surface area contributed by atoms with E-state index < -0.39 is 7.14 Å². The molecule has 2 heterocycles. The summed E-state index contributed by atoms with van der Waals surface area (Å²) >= 11 is 0. The summed E-state index contributed by atoms with van der Waals surface area (Å²) in [7, 11) is -1.77. The highest BCUT2D eigenvalue weighted by atomic mass is 31.2. The summed E-state index contributed by atoms with van der Waals surface area (Å²) in [6.07, 6.45) is 7.29. The third-order valence-electron chi connectivity index (χ3n) is 4.13. The van der Waals surface area contributed by atoms with E-state index in [2.05, 4.69) is 18.7 Å². The third kappa shape index (κ3) is 2.03. The Morgan fingerprint density at radius 2 is 1.93 bits per heavy atom. The largest absolute Gasteiger partial charge is 0.322 e. The number of nitrogens with zero attached hydrogens (tertiary/aromatic N) is 1. The minimum Gasteiger partial charge on any atom is -0.322 e. The van der Waals surface area contributed by atoms with Gasteiger partial charge in [-0.25, -0.2) is 0 Å². The van der Waals surface area contributed by atoms with Crippen molar-refractivity contribution in [2.45, 2.75) is 57.4 Å². The summed E-state index contributed by atoms with van der Waals surface area (Å²) in [5.41, 5.74) is 0.570. The lowest BCUT2D eigenvalue weighted by Crippen LogP contribution is -2.24. The highest BCUT2D eigenvalue weighted by Crippen LogP contribution is 2.76. The zero-order valence-corrected chi connectivity index (χ0v) is 11.0. The molecule has 2 aliphatic heterocycles. The van der Waals surface area contributed by atoms with Gasteiger partial charge in [-0.2, -0.15) is 0 Å². The molecule has 0 radical (unpaired) electrons. The molecule has 0 N–H and O–H groups in total. The normalized spacial score (nSPS) is 40.9. The van der Waals surface area contributed by atoms with Gasteiger partial charge >= 0.3 is 0 Å². The minimum atomic E-state index is -1.77. The molecule has 0 bridgehead atoms. The summed E-state index contributed by atoms with van der Waals surface area (Å²) < 4.78 is 12.6. The van der Waals surface area contributed by atoms with Crippen LogP contribution in [0.15, 0.2) is 0 Å². The van der Waals surface area contributed by atoms with Crippen molar-refractivity contribution in [1.29, 1.82) is 0 Å². The first-order valence-electron chi connectivity index (χ1n) is 6.56. The predicted octanol–water partition coefficient (Wildman–Crippen LogP) is 3.36. The maximum Gasteiger partial charge on any atom is 0.109 e. The van der Waals surface area contributed by atoms with Crippen LogP contribution < -0.4 is 0 Å². The van der Waals surface area contributed by atoms with E-state index in [0.29, 0.717) is 11.4 Å². The van der Waals surface area contributed by atoms with Crippen molar-refractivity contribution in [3.8, 4) is 0 Å². The average Bonchev–Trinajstić information content (AvgIpc) is 2.68. The molecule has 0 aromatic rings. The van der Waals surface area contributed by atoms with Gasteiger partial charge in [0, 0.05) is 5.66 Å². The van der Waals surface area contributed by atoms with Crippen LogP contribution in [-0.2, 0) is 4.57 Å². The molecule has 2 saturated heterocycles. The van der Waals surface area contributed by atoms with Crippen LogP contribution >= 0.6 is 7.14 Å². The van der Waals surface area contributed by atoms with Crippen LogP contribution in [-0.4, -0.2) is 35.6 Å². The Balaban J connectivity index is 1.95. The van der Waals surface area contributed by atoms with E-state index >= 15 is 0 Å². The van der Waals surface area contributed by atoms with Gasteiger partial charge in [-0.3, -0.25) is 4.90 Å². The van der Waals surface area contributed by atoms with Crippen LogP contribution in [0.4, 0.5) is 0 Å². The summed E-state index contributed by atoms with van der Waals surface area (Å²) in [5, 5.41) is 0. The number of rotatable bonds is 5. The fourth-order valence-corrected chi connectivity index (χ4v) is 7.00. The van der Waals surface area contributed by atoms with Gasteiger partial charge in [0.15, 0.2) is 0 Å². The fraction of sp³-hybridized carbons (Fsp3) is 1.00. The topological polar surface area (TPSA) is 20.3 Å². The van der Waals surface area contributed by atoms with E-state index in [1.54, 1.807) is 0 Å². The van der Waals surface area contributed by atoms with Crippen molar-refractivity contribution in [2.24, 2.45) is 0 Å². The number of likely N-dealkylation sites (tertiary alicyclic amines) is 1. The Morgan fingerprint density at radius 1 is 1.27 bits per heavy atom. The Bertz CT molecular complexity index is 260. The fourth-order valence-electron chi connectivity index (χ4n) is 3.14. The SMILES string of the molecule is CCCCC1C(N2CCCC2)P1(=O)CC. The Labute approximate surface area is 93.8 Å². The van der Waals surface area contributed by atoms with Gasteiger partial charge in [0.25, 0.3) is 0 Å². The summed E-state index contributed by atoms with van der Waals surface area (Å²) in [6, 6.07) is 0. The van der Waals surface area contributed by atoms with Gasteiger partial charge in [-0.15, -0.1) is 0 Å². The second kappa shape index (κ2) is 4.59. The molecule has 2 fully saturated rings. The van der Waals surface area contributed by atoms with Crippen molar-refractivity contribution in [3.05, 3.63) is 0 Å². The highest BCUT2D eigenvalue weighted by molar-refractivity contribution is 7.73. The van der Waals surface area contributed by atoms with Gasteiger partial charge in [0.1, 0.15) is 7.14 Å². The molecule has 0 aromatic heterocycles. The van der Waals surface area contributed by atoms with Crippen LogP contribution in [0, 0.1) is 0 Å². The van der Waals surface area contributed by atoms with Gasteiger partial charge in [0.05, 0.1) is 5.78 Å². The molecular formula is C12H24NOP. The molecule has 3 unspecified atom stereocenters.